The highest BCUT2D eigenvalue weighted by Gasteiger charge is 2.29. The largest absolute Gasteiger partial charge is 0.464 e. The van der Waals surface area contributed by atoms with Crippen molar-refractivity contribution < 1.29 is 19.1 Å². The second-order valence-electron chi connectivity index (χ2n) is 2.78. The van der Waals surface area contributed by atoms with Gasteiger partial charge in [-0.3, -0.25) is 5.32 Å². The summed E-state index contributed by atoms with van der Waals surface area (Å²) in [4.78, 5) is 26.9. The number of amidine groups is 1. The quantitative estimate of drug-likeness (QED) is 0.191. The maximum Gasteiger partial charge on any atom is 0.342 e. The summed E-state index contributed by atoms with van der Waals surface area (Å²) in [6, 6.07) is -1.41. The standard InChI is InChI=1S/C10H15N3O4S/c1-4-16-8(14)7(9(15)17-5-2)13-10(18-3)12-6-11/h7H,4-5H2,1-3H3,(H,12,13). The number of aliphatic imine (C=N–C) groups is 1. The van der Waals surface area contributed by atoms with E-state index in [2.05, 4.69) is 10.3 Å². The summed E-state index contributed by atoms with van der Waals surface area (Å²) < 4.78 is 9.46. The van der Waals surface area contributed by atoms with Gasteiger partial charge in [-0.1, -0.05) is 11.8 Å². The molecule has 1 N–H and O–H groups in total. The predicted octanol–water partition coefficient (Wildman–Crippen LogP) is 0.271. The molecule has 8 heteroatoms. The molecule has 0 rings (SSSR count). The zero-order valence-electron chi connectivity index (χ0n) is 10.4. The second-order valence-corrected chi connectivity index (χ2v) is 3.58. The Bertz CT molecular complexity index is 347. The van der Waals surface area contributed by atoms with E-state index in [9.17, 15) is 9.59 Å². The van der Waals surface area contributed by atoms with Crippen molar-refractivity contribution in [3.8, 4) is 6.19 Å². The van der Waals surface area contributed by atoms with Crippen molar-refractivity contribution >= 4 is 28.9 Å². The lowest BCUT2D eigenvalue weighted by Gasteiger charge is -2.11. The van der Waals surface area contributed by atoms with Crippen LogP contribution in [0.1, 0.15) is 13.8 Å². The molecule has 7 nitrogen and oxygen atoms in total. The van der Waals surface area contributed by atoms with Crippen LogP contribution in [0.5, 0.6) is 0 Å². The van der Waals surface area contributed by atoms with Crippen molar-refractivity contribution in [1.29, 1.82) is 5.26 Å². The first kappa shape index (κ1) is 16.2. The predicted molar refractivity (Wildman–Crippen MR) is 66.8 cm³/mol. The molecule has 0 aliphatic heterocycles. The van der Waals surface area contributed by atoms with E-state index in [4.69, 9.17) is 14.7 Å². The Morgan fingerprint density at radius 1 is 1.33 bits per heavy atom. The lowest BCUT2D eigenvalue weighted by Crippen LogP contribution is -2.34. The first-order chi connectivity index (χ1) is 8.60. The van der Waals surface area contributed by atoms with Crippen LogP contribution in [0.2, 0.25) is 0 Å². The number of hydrogen-bond donors (Lipinski definition) is 1. The van der Waals surface area contributed by atoms with E-state index in [0.29, 0.717) is 0 Å². The van der Waals surface area contributed by atoms with Gasteiger partial charge in [0.25, 0.3) is 0 Å². The zero-order chi connectivity index (χ0) is 14.0. The molecule has 0 aromatic heterocycles. The summed E-state index contributed by atoms with van der Waals surface area (Å²) in [5.74, 6) is -1.61. The Balaban J connectivity index is 5.02. The summed E-state index contributed by atoms with van der Waals surface area (Å²) in [6.07, 6.45) is 3.31. The Morgan fingerprint density at radius 3 is 2.17 bits per heavy atom. The van der Waals surface area contributed by atoms with Crippen molar-refractivity contribution in [3.05, 3.63) is 0 Å². The summed E-state index contributed by atoms with van der Waals surface area (Å²) in [6.45, 7) is 3.49. The smallest absolute Gasteiger partial charge is 0.342 e. The summed E-state index contributed by atoms with van der Waals surface area (Å²) in [5.41, 5.74) is 0. The van der Waals surface area contributed by atoms with Crippen molar-refractivity contribution in [2.24, 2.45) is 4.99 Å². The lowest BCUT2D eigenvalue weighted by molar-refractivity contribution is -0.156. The molecule has 18 heavy (non-hydrogen) atoms. The minimum atomic E-state index is -1.41. The van der Waals surface area contributed by atoms with E-state index < -0.39 is 18.0 Å². The normalized spacial score (nSPS) is 10.7. The zero-order valence-corrected chi connectivity index (χ0v) is 11.2. The van der Waals surface area contributed by atoms with Crippen LogP contribution in [0.4, 0.5) is 0 Å². The number of nitrogens with zero attached hydrogens (tertiary/aromatic N) is 2. The van der Waals surface area contributed by atoms with Crippen LogP contribution in [-0.4, -0.2) is 42.6 Å². The molecule has 0 aromatic rings. The van der Waals surface area contributed by atoms with Crippen LogP contribution >= 0.6 is 11.8 Å². The van der Waals surface area contributed by atoms with Gasteiger partial charge in [-0.05, 0) is 20.1 Å². The monoisotopic (exact) mass is 273 g/mol. The van der Waals surface area contributed by atoms with Gasteiger partial charge in [-0.15, -0.1) is 0 Å². The number of rotatable bonds is 5. The molecule has 0 atom stereocenters. The number of ether oxygens (including phenoxy) is 2. The molecular weight excluding hydrogens is 258 g/mol. The Hall–Kier alpha value is -1.75. The second kappa shape index (κ2) is 9.30. The van der Waals surface area contributed by atoms with Gasteiger partial charge < -0.3 is 9.47 Å². The molecule has 0 saturated heterocycles. The van der Waals surface area contributed by atoms with Crippen LogP contribution in [0.15, 0.2) is 4.99 Å². The molecule has 0 saturated carbocycles. The number of esters is 2. The Kier molecular flexibility index (Phi) is 8.39. The number of nitriles is 1. The van der Waals surface area contributed by atoms with Crippen LogP contribution < -0.4 is 5.32 Å². The van der Waals surface area contributed by atoms with Gasteiger partial charge in [0.05, 0.1) is 13.2 Å². The van der Waals surface area contributed by atoms with Gasteiger partial charge in [0.2, 0.25) is 6.04 Å². The van der Waals surface area contributed by atoms with Crippen molar-refractivity contribution in [2.45, 2.75) is 19.9 Å². The van der Waals surface area contributed by atoms with Crippen molar-refractivity contribution in [2.75, 3.05) is 19.5 Å². The number of thioether (sulfide) groups is 1. The average Bonchev–Trinajstić information content (AvgIpc) is 2.34. The topological polar surface area (TPSA) is 101 Å². The fourth-order valence-electron chi connectivity index (χ4n) is 0.945. The van der Waals surface area contributed by atoms with Crippen LogP contribution in [-0.2, 0) is 19.1 Å². The fourth-order valence-corrected chi connectivity index (χ4v) is 1.30. The highest BCUT2D eigenvalue weighted by atomic mass is 32.2. The lowest BCUT2D eigenvalue weighted by atomic mass is 10.3. The van der Waals surface area contributed by atoms with E-state index >= 15 is 0 Å². The third-order valence-electron chi connectivity index (χ3n) is 1.62. The molecule has 0 spiro atoms. The first-order valence-electron chi connectivity index (χ1n) is 5.20. The minimum Gasteiger partial charge on any atom is -0.464 e. The molecule has 0 aliphatic carbocycles. The van der Waals surface area contributed by atoms with Gasteiger partial charge >= 0.3 is 11.9 Å². The van der Waals surface area contributed by atoms with Gasteiger partial charge in [0.15, 0.2) is 11.4 Å². The van der Waals surface area contributed by atoms with E-state index in [1.54, 1.807) is 26.3 Å². The van der Waals surface area contributed by atoms with Gasteiger partial charge in [-0.25, -0.2) is 14.6 Å². The molecule has 0 bridgehead atoms. The summed E-state index contributed by atoms with van der Waals surface area (Å²) in [5, 5.41) is 10.9. The molecule has 0 radical (unpaired) electrons. The molecule has 0 amide bonds. The van der Waals surface area contributed by atoms with Gasteiger partial charge in [0, 0.05) is 0 Å². The van der Waals surface area contributed by atoms with Gasteiger partial charge in [-0.2, -0.15) is 5.26 Å². The Labute approximate surface area is 110 Å². The van der Waals surface area contributed by atoms with E-state index in [0.717, 1.165) is 11.8 Å². The number of carbonyl (C=O) groups excluding carboxylic acids is 2. The average molecular weight is 273 g/mol. The number of nitrogens with one attached hydrogen (secondary N) is 1. The first-order valence-corrected chi connectivity index (χ1v) is 6.43. The van der Waals surface area contributed by atoms with Gasteiger partial charge in [0.1, 0.15) is 0 Å². The van der Waals surface area contributed by atoms with Crippen LogP contribution in [0.25, 0.3) is 0 Å². The molecule has 0 unspecified atom stereocenters. The SMILES string of the molecule is CCOC(=O)C(N=C(NC#N)SC)C(=O)OCC. The third-order valence-corrected chi connectivity index (χ3v) is 2.22. The van der Waals surface area contributed by atoms with Crippen LogP contribution in [0.3, 0.4) is 0 Å². The number of hydrogen-bond acceptors (Lipinski definition) is 7. The molecular formula is C10H15N3O4S. The molecule has 0 fully saturated rings. The summed E-state index contributed by atoms with van der Waals surface area (Å²) in [7, 11) is 0. The summed E-state index contributed by atoms with van der Waals surface area (Å²) >= 11 is 1.09. The minimum absolute atomic E-state index is 0.130. The molecule has 0 aliphatic rings. The van der Waals surface area contributed by atoms with Crippen LogP contribution in [0, 0.1) is 11.5 Å². The third kappa shape index (κ3) is 5.54. The molecule has 100 valence electrons. The van der Waals surface area contributed by atoms with E-state index in [-0.39, 0.29) is 18.4 Å². The maximum atomic E-state index is 11.6. The Morgan fingerprint density at radius 2 is 1.83 bits per heavy atom. The van der Waals surface area contributed by atoms with E-state index in [1.165, 1.54) is 0 Å². The van der Waals surface area contributed by atoms with Crippen molar-refractivity contribution in [3.63, 3.8) is 0 Å². The molecule has 0 aromatic carbocycles. The number of carbonyl (C=O) groups is 2. The highest BCUT2D eigenvalue weighted by Crippen LogP contribution is 2.04. The fraction of sp³-hybridized carbons (Fsp3) is 0.600. The van der Waals surface area contributed by atoms with Crippen molar-refractivity contribution in [1.82, 2.24) is 5.32 Å². The highest BCUT2D eigenvalue weighted by molar-refractivity contribution is 8.13. The maximum absolute atomic E-state index is 11.6. The van der Waals surface area contributed by atoms with E-state index in [1.807, 2.05) is 0 Å². The molecule has 0 heterocycles.